The normalized spacial score (nSPS) is 22.9. The van der Waals surface area contributed by atoms with Crippen molar-refractivity contribution >= 4 is 17.2 Å². The van der Waals surface area contributed by atoms with E-state index >= 15 is 0 Å². The number of hydrogen-bond donors (Lipinski definition) is 2. The van der Waals surface area contributed by atoms with Crippen LogP contribution in [0.3, 0.4) is 0 Å². The van der Waals surface area contributed by atoms with E-state index in [0.29, 0.717) is 24.6 Å². The van der Waals surface area contributed by atoms with Crippen LogP contribution in [-0.4, -0.2) is 52.9 Å². The van der Waals surface area contributed by atoms with Gasteiger partial charge in [-0.15, -0.1) is 0 Å². The molecular formula is C31H35ClN2O4. The quantitative estimate of drug-likeness (QED) is 0.448. The number of aliphatic hydroxyl groups excluding tert-OH is 1. The van der Waals surface area contributed by atoms with Gasteiger partial charge in [0.2, 0.25) is 0 Å². The number of methoxy groups -OCH3 is 1. The summed E-state index contributed by atoms with van der Waals surface area (Å²) in [5.41, 5.74) is 4.00. The third-order valence-corrected chi connectivity index (χ3v) is 8.03. The predicted octanol–water partition coefficient (Wildman–Crippen LogP) is 5.29. The molecule has 2 unspecified atom stereocenters. The van der Waals surface area contributed by atoms with Crippen molar-refractivity contribution in [2.24, 2.45) is 0 Å². The zero-order chi connectivity index (χ0) is 26.9. The second kappa shape index (κ2) is 10.8. The smallest absolute Gasteiger partial charge is 0.131 e. The Hall–Kier alpha value is -2.74. The maximum absolute atomic E-state index is 11.2. The number of fused-ring (bicyclic) bond motifs is 2. The average molecular weight is 535 g/mol. The van der Waals surface area contributed by atoms with Crippen LogP contribution < -0.4 is 4.74 Å². The van der Waals surface area contributed by atoms with E-state index in [1.807, 2.05) is 48.5 Å². The summed E-state index contributed by atoms with van der Waals surface area (Å²) in [6.07, 6.45) is 4.81. The SMILES string of the molecule is COC1(c2ccc(Cl)cc2)CCN(CCC=C2c3cc(C(C)(C)O)ccc3OCc3ncccc32)CC1O. The van der Waals surface area contributed by atoms with E-state index in [1.54, 1.807) is 27.2 Å². The molecule has 2 aromatic carbocycles. The fraction of sp³-hybridized carbons (Fsp3) is 0.387. The van der Waals surface area contributed by atoms with Crippen LogP contribution in [0.15, 0.2) is 66.9 Å². The number of piperidine rings is 1. The molecule has 1 saturated heterocycles. The Labute approximate surface area is 229 Å². The lowest BCUT2D eigenvalue weighted by Crippen LogP contribution is -2.54. The van der Waals surface area contributed by atoms with Crippen LogP contribution in [0.2, 0.25) is 5.02 Å². The molecule has 7 heteroatoms. The van der Waals surface area contributed by atoms with Gasteiger partial charge >= 0.3 is 0 Å². The fourth-order valence-corrected chi connectivity index (χ4v) is 5.68. The Morgan fingerprint density at radius 1 is 1.18 bits per heavy atom. The highest BCUT2D eigenvalue weighted by molar-refractivity contribution is 6.30. The van der Waals surface area contributed by atoms with Gasteiger partial charge in [-0.1, -0.05) is 41.9 Å². The van der Waals surface area contributed by atoms with E-state index in [-0.39, 0.29) is 0 Å². The summed E-state index contributed by atoms with van der Waals surface area (Å²) in [7, 11) is 1.66. The molecule has 2 atom stereocenters. The second-order valence-corrected chi connectivity index (χ2v) is 11.1. The van der Waals surface area contributed by atoms with Crippen LogP contribution in [-0.2, 0) is 22.5 Å². The molecule has 0 saturated carbocycles. The summed E-state index contributed by atoms with van der Waals surface area (Å²) in [4.78, 5) is 6.85. The lowest BCUT2D eigenvalue weighted by Gasteiger charge is -2.45. The van der Waals surface area contributed by atoms with Crippen LogP contribution in [0.5, 0.6) is 5.75 Å². The molecule has 2 N–H and O–H groups in total. The number of nitrogens with zero attached hydrogens (tertiary/aromatic N) is 2. The molecule has 2 aliphatic rings. The Morgan fingerprint density at radius 2 is 1.97 bits per heavy atom. The van der Waals surface area contributed by atoms with Crippen molar-refractivity contribution in [2.45, 2.75) is 50.6 Å². The first kappa shape index (κ1) is 26.9. The Balaban J connectivity index is 1.37. The number of pyridine rings is 1. The minimum Gasteiger partial charge on any atom is -0.487 e. The number of hydrogen-bond acceptors (Lipinski definition) is 6. The first-order valence-corrected chi connectivity index (χ1v) is 13.5. The number of halogens is 1. The van der Waals surface area contributed by atoms with Gasteiger partial charge in [-0.3, -0.25) is 4.98 Å². The Bertz CT molecular complexity index is 1320. The predicted molar refractivity (Wildman–Crippen MR) is 149 cm³/mol. The number of aromatic nitrogens is 1. The van der Waals surface area contributed by atoms with E-state index in [0.717, 1.165) is 58.8 Å². The van der Waals surface area contributed by atoms with Crippen LogP contribution in [0.1, 0.15) is 54.6 Å². The van der Waals surface area contributed by atoms with Crippen molar-refractivity contribution in [1.82, 2.24) is 9.88 Å². The number of β-amino-alcohol motifs (C(OH)–C–C–N with tert-alkyl or cyclic N) is 1. The van der Waals surface area contributed by atoms with Gasteiger partial charge in [0.15, 0.2) is 0 Å². The van der Waals surface area contributed by atoms with E-state index in [2.05, 4.69) is 22.0 Å². The highest BCUT2D eigenvalue weighted by atomic mass is 35.5. The standard InChI is InChI=1S/C31H35ClN2O4/c1-30(2,36)22-10-13-28-26(18-22)24(25-6-4-15-33-27(25)20-38-28)7-5-16-34-17-14-31(37-3,29(35)19-34)21-8-11-23(32)12-9-21/h4,6-13,15,18,29,35-36H,5,14,16-17,19-20H2,1-3H3. The van der Waals surface area contributed by atoms with Gasteiger partial charge < -0.3 is 24.6 Å². The van der Waals surface area contributed by atoms with Crippen molar-refractivity contribution in [3.63, 3.8) is 0 Å². The minimum atomic E-state index is -0.966. The van der Waals surface area contributed by atoms with Gasteiger partial charge in [0.25, 0.3) is 0 Å². The second-order valence-electron chi connectivity index (χ2n) is 10.6. The summed E-state index contributed by atoms with van der Waals surface area (Å²) in [6.45, 7) is 6.08. The molecule has 0 aliphatic carbocycles. The lowest BCUT2D eigenvalue weighted by molar-refractivity contribution is -0.146. The van der Waals surface area contributed by atoms with Crippen molar-refractivity contribution in [3.8, 4) is 5.75 Å². The topological polar surface area (TPSA) is 75.1 Å². The highest BCUT2D eigenvalue weighted by Crippen LogP contribution is 2.40. The van der Waals surface area contributed by atoms with Crippen LogP contribution in [0, 0.1) is 0 Å². The summed E-state index contributed by atoms with van der Waals surface area (Å²) in [6, 6.07) is 17.4. The first-order valence-electron chi connectivity index (χ1n) is 13.1. The van der Waals surface area contributed by atoms with Crippen molar-refractivity contribution < 1.29 is 19.7 Å². The zero-order valence-corrected chi connectivity index (χ0v) is 22.9. The third kappa shape index (κ3) is 5.24. The van der Waals surface area contributed by atoms with Crippen LogP contribution in [0.25, 0.3) is 5.57 Å². The van der Waals surface area contributed by atoms with E-state index in [4.69, 9.17) is 21.1 Å². The first-order chi connectivity index (χ1) is 18.2. The van der Waals surface area contributed by atoms with Crippen LogP contribution >= 0.6 is 11.6 Å². The highest BCUT2D eigenvalue weighted by Gasteiger charge is 2.44. The zero-order valence-electron chi connectivity index (χ0n) is 22.2. The maximum Gasteiger partial charge on any atom is 0.131 e. The van der Waals surface area contributed by atoms with Gasteiger partial charge in [0.1, 0.15) is 18.0 Å². The lowest BCUT2D eigenvalue weighted by atomic mass is 9.81. The molecule has 200 valence electrons. The molecule has 2 aliphatic heterocycles. The summed E-state index contributed by atoms with van der Waals surface area (Å²) in [5.74, 6) is 0.781. The largest absolute Gasteiger partial charge is 0.487 e. The van der Waals surface area contributed by atoms with Gasteiger partial charge in [-0.25, -0.2) is 0 Å². The number of likely N-dealkylation sites (tertiary alicyclic amines) is 1. The molecule has 5 rings (SSSR count). The molecule has 0 bridgehead atoms. The molecular weight excluding hydrogens is 500 g/mol. The number of ether oxygens (including phenoxy) is 2. The molecule has 38 heavy (non-hydrogen) atoms. The number of rotatable bonds is 6. The number of benzene rings is 2. The maximum atomic E-state index is 11.2. The summed E-state index contributed by atoms with van der Waals surface area (Å²) < 4.78 is 12.0. The van der Waals surface area contributed by atoms with Crippen molar-refractivity contribution in [2.75, 3.05) is 26.7 Å². The summed E-state index contributed by atoms with van der Waals surface area (Å²) in [5, 5.41) is 22.5. The molecule has 6 nitrogen and oxygen atoms in total. The van der Waals surface area contributed by atoms with Gasteiger partial charge in [-0.05, 0) is 73.7 Å². The molecule has 1 aromatic heterocycles. The van der Waals surface area contributed by atoms with Gasteiger partial charge in [0, 0.05) is 49.1 Å². The Kier molecular flexibility index (Phi) is 7.63. The molecule has 3 aromatic rings. The monoisotopic (exact) mass is 534 g/mol. The number of aliphatic hydroxyl groups is 2. The summed E-state index contributed by atoms with van der Waals surface area (Å²) >= 11 is 6.08. The molecule has 3 heterocycles. The van der Waals surface area contributed by atoms with Crippen LogP contribution in [0.4, 0.5) is 0 Å². The average Bonchev–Trinajstić information content (AvgIpc) is 3.06. The molecule has 0 amide bonds. The third-order valence-electron chi connectivity index (χ3n) is 7.78. The minimum absolute atomic E-state index is 0.393. The Morgan fingerprint density at radius 3 is 2.68 bits per heavy atom. The van der Waals surface area contributed by atoms with Crippen molar-refractivity contribution in [1.29, 1.82) is 0 Å². The molecule has 0 radical (unpaired) electrons. The van der Waals surface area contributed by atoms with Gasteiger partial charge in [-0.2, -0.15) is 0 Å². The van der Waals surface area contributed by atoms with E-state index < -0.39 is 17.3 Å². The van der Waals surface area contributed by atoms with Gasteiger partial charge in [0.05, 0.1) is 17.4 Å². The van der Waals surface area contributed by atoms with Crippen molar-refractivity contribution in [3.05, 3.63) is 99.8 Å². The molecule has 1 fully saturated rings. The van der Waals surface area contributed by atoms with E-state index in [1.165, 1.54) is 0 Å². The fourth-order valence-electron chi connectivity index (χ4n) is 5.55. The van der Waals surface area contributed by atoms with E-state index in [9.17, 15) is 10.2 Å². The molecule has 0 spiro atoms.